The van der Waals surface area contributed by atoms with E-state index in [0.717, 1.165) is 56.2 Å². The van der Waals surface area contributed by atoms with Crippen LogP contribution in [0.15, 0.2) is 42.5 Å². The molecule has 1 aliphatic heterocycles. The molecular formula is C27H39NO4. The third-order valence-electron chi connectivity index (χ3n) is 6.56. The van der Waals surface area contributed by atoms with Crippen LogP contribution in [0, 0.1) is 5.92 Å². The van der Waals surface area contributed by atoms with Crippen molar-refractivity contribution >= 4 is 0 Å². The zero-order valence-electron chi connectivity index (χ0n) is 20.3. The minimum Gasteiger partial charge on any atom is -0.496 e. The maximum atomic E-state index is 6.13. The van der Waals surface area contributed by atoms with E-state index in [1.165, 1.54) is 11.1 Å². The summed E-state index contributed by atoms with van der Waals surface area (Å²) in [7, 11) is 3.45. The smallest absolute Gasteiger partial charge is 0.161 e. The van der Waals surface area contributed by atoms with Crippen molar-refractivity contribution in [3.8, 4) is 17.2 Å². The van der Waals surface area contributed by atoms with Crippen molar-refractivity contribution in [3.05, 3.63) is 53.6 Å². The van der Waals surface area contributed by atoms with Gasteiger partial charge in [-0.1, -0.05) is 38.1 Å². The summed E-state index contributed by atoms with van der Waals surface area (Å²) in [6.07, 6.45) is 3.33. The fourth-order valence-electron chi connectivity index (χ4n) is 4.73. The summed E-state index contributed by atoms with van der Waals surface area (Å²) in [5.41, 5.74) is 2.54. The molecule has 0 radical (unpaired) electrons. The van der Waals surface area contributed by atoms with Gasteiger partial charge in [-0.25, -0.2) is 0 Å². The maximum Gasteiger partial charge on any atom is 0.161 e. The molecule has 1 heterocycles. The molecule has 0 aliphatic carbocycles. The average Bonchev–Trinajstić information content (AvgIpc) is 2.82. The maximum absolute atomic E-state index is 6.13. The highest BCUT2D eigenvalue weighted by Gasteiger charge is 2.40. The zero-order valence-corrected chi connectivity index (χ0v) is 20.3. The van der Waals surface area contributed by atoms with Crippen LogP contribution in [0.25, 0.3) is 0 Å². The molecule has 1 aliphatic rings. The van der Waals surface area contributed by atoms with Gasteiger partial charge in [0.15, 0.2) is 11.5 Å². The van der Waals surface area contributed by atoms with E-state index in [1.807, 2.05) is 19.1 Å². The summed E-state index contributed by atoms with van der Waals surface area (Å²) in [4.78, 5) is 0. The lowest BCUT2D eigenvalue weighted by molar-refractivity contribution is -0.0473. The van der Waals surface area contributed by atoms with Gasteiger partial charge in [-0.3, -0.25) is 0 Å². The Kier molecular flexibility index (Phi) is 8.83. The molecule has 1 N–H and O–H groups in total. The fourth-order valence-corrected chi connectivity index (χ4v) is 4.73. The largest absolute Gasteiger partial charge is 0.496 e. The van der Waals surface area contributed by atoms with E-state index in [-0.39, 0.29) is 11.5 Å². The lowest BCUT2D eigenvalue weighted by Crippen LogP contribution is -2.42. The molecule has 176 valence electrons. The van der Waals surface area contributed by atoms with Gasteiger partial charge >= 0.3 is 0 Å². The minimum atomic E-state index is 0.0449. The van der Waals surface area contributed by atoms with Gasteiger partial charge in [-0.2, -0.15) is 0 Å². The Labute approximate surface area is 193 Å². The summed E-state index contributed by atoms with van der Waals surface area (Å²) in [5.74, 6) is 3.04. The molecule has 0 spiro atoms. The van der Waals surface area contributed by atoms with Gasteiger partial charge in [0.05, 0.1) is 26.9 Å². The molecule has 5 nitrogen and oxygen atoms in total. The van der Waals surface area contributed by atoms with Gasteiger partial charge in [0, 0.05) is 24.1 Å². The Hall–Kier alpha value is -2.24. The van der Waals surface area contributed by atoms with E-state index in [1.54, 1.807) is 14.2 Å². The third-order valence-corrected chi connectivity index (χ3v) is 6.56. The van der Waals surface area contributed by atoms with Crippen molar-refractivity contribution in [3.63, 3.8) is 0 Å². The Bertz CT molecular complexity index is 853. The second-order valence-electron chi connectivity index (χ2n) is 8.93. The van der Waals surface area contributed by atoms with Crippen LogP contribution in [-0.4, -0.2) is 40.1 Å². The molecule has 1 saturated heterocycles. The van der Waals surface area contributed by atoms with Gasteiger partial charge < -0.3 is 24.3 Å². The topological polar surface area (TPSA) is 49.0 Å². The number of hydrogen-bond donors (Lipinski definition) is 1. The third kappa shape index (κ3) is 5.76. The van der Waals surface area contributed by atoms with Crippen molar-refractivity contribution in [1.82, 2.24) is 5.32 Å². The van der Waals surface area contributed by atoms with Crippen LogP contribution in [0.3, 0.4) is 0 Å². The summed E-state index contributed by atoms with van der Waals surface area (Å²) >= 11 is 0. The van der Waals surface area contributed by atoms with Crippen LogP contribution >= 0.6 is 0 Å². The number of para-hydroxylation sites is 1. The minimum absolute atomic E-state index is 0.0449. The van der Waals surface area contributed by atoms with Crippen LogP contribution in [0.1, 0.15) is 51.2 Å². The lowest BCUT2D eigenvalue weighted by atomic mass is 9.68. The first-order chi connectivity index (χ1) is 15.5. The van der Waals surface area contributed by atoms with Crippen molar-refractivity contribution in [2.45, 2.75) is 58.1 Å². The quantitative estimate of drug-likeness (QED) is 0.476. The molecule has 0 unspecified atom stereocenters. The molecule has 32 heavy (non-hydrogen) atoms. The number of benzene rings is 2. The molecule has 0 amide bonds. The van der Waals surface area contributed by atoms with Gasteiger partial charge in [0.1, 0.15) is 5.75 Å². The summed E-state index contributed by atoms with van der Waals surface area (Å²) in [6, 6.07) is 14.6. The van der Waals surface area contributed by atoms with E-state index < -0.39 is 0 Å². The first-order valence-corrected chi connectivity index (χ1v) is 11.8. The monoisotopic (exact) mass is 441 g/mol. The second kappa shape index (κ2) is 11.6. The first-order valence-electron chi connectivity index (χ1n) is 11.8. The van der Waals surface area contributed by atoms with Crippen LogP contribution < -0.4 is 19.5 Å². The molecule has 2 aromatic carbocycles. The van der Waals surface area contributed by atoms with Gasteiger partial charge in [-0.05, 0) is 62.4 Å². The number of rotatable bonds is 11. The Morgan fingerprint density at radius 2 is 1.84 bits per heavy atom. The SMILES string of the molecule is CCOc1ccc(CNCC[C@]2(c3ccccc3OC)CCO[C@@H](C(C)C)C2)cc1OC. The molecule has 1 fully saturated rings. The van der Waals surface area contributed by atoms with Crippen LogP contribution in [0.4, 0.5) is 0 Å². The number of ether oxygens (including phenoxy) is 4. The van der Waals surface area contributed by atoms with E-state index in [2.05, 4.69) is 49.5 Å². The average molecular weight is 442 g/mol. The lowest BCUT2D eigenvalue weighted by Gasteiger charge is -2.43. The normalized spacial score (nSPS) is 20.9. The Morgan fingerprint density at radius 3 is 2.56 bits per heavy atom. The summed E-state index contributed by atoms with van der Waals surface area (Å²) in [5, 5.41) is 3.65. The van der Waals surface area contributed by atoms with Crippen LogP contribution in [0.5, 0.6) is 17.2 Å². The van der Waals surface area contributed by atoms with Crippen molar-refractivity contribution in [2.24, 2.45) is 5.92 Å². The molecule has 5 heteroatoms. The number of methoxy groups -OCH3 is 2. The predicted molar refractivity (Wildman–Crippen MR) is 129 cm³/mol. The van der Waals surface area contributed by atoms with Gasteiger partial charge in [-0.15, -0.1) is 0 Å². The molecular weight excluding hydrogens is 402 g/mol. The van der Waals surface area contributed by atoms with E-state index in [4.69, 9.17) is 18.9 Å². The van der Waals surface area contributed by atoms with Crippen molar-refractivity contribution in [2.75, 3.05) is 34.0 Å². The highest BCUT2D eigenvalue weighted by atomic mass is 16.5. The number of nitrogens with one attached hydrogen (secondary N) is 1. The molecule has 0 bridgehead atoms. The van der Waals surface area contributed by atoms with Crippen molar-refractivity contribution in [1.29, 1.82) is 0 Å². The predicted octanol–water partition coefficient (Wildman–Crippen LogP) is 5.36. The van der Waals surface area contributed by atoms with E-state index in [9.17, 15) is 0 Å². The van der Waals surface area contributed by atoms with E-state index >= 15 is 0 Å². The highest BCUT2D eigenvalue weighted by molar-refractivity contribution is 5.43. The molecule has 3 rings (SSSR count). The first kappa shape index (κ1) is 24.4. The van der Waals surface area contributed by atoms with Crippen LogP contribution in [-0.2, 0) is 16.7 Å². The molecule has 0 saturated carbocycles. The molecule has 2 aromatic rings. The zero-order chi connectivity index (χ0) is 23.0. The fraction of sp³-hybridized carbons (Fsp3) is 0.556. The number of hydrogen-bond acceptors (Lipinski definition) is 5. The van der Waals surface area contributed by atoms with Crippen LogP contribution in [0.2, 0.25) is 0 Å². The molecule has 0 aromatic heterocycles. The summed E-state index contributed by atoms with van der Waals surface area (Å²) in [6.45, 7) is 9.60. The Balaban J connectivity index is 1.71. The van der Waals surface area contributed by atoms with Gasteiger partial charge in [0.2, 0.25) is 0 Å². The summed E-state index contributed by atoms with van der Waals surface area (Å²) < 4.78 is 23.0. The van der Waals surface area contributed by atoms with E-state index in [0.29, 0.717) is 12.5 Å². The Morgan fingerprint density at radius 1 is 1.06 bits per heavy atom. The second-order valence-corrected chi connectivity index (χ2v) is 8.93. The standard InChI is InChI=1S/C27H39NO4/c1-6-31-24-12-11-21(17-25(24)30-5)19-28-15-13-27(14-16-32-26(18-27)20(2)3)22-9-7-8-10-23(22)29-4/h7-12,17,20,26,28H,6,13-16,18-19H2,1-5H3/t26-,27+/m1/s1. The van der Waals surface area contributed by atoms with Crippen molar-refractivity contribution < 1.29 is 18.9 Å². The molecule has 2 atom stereocenters. The highest BCUT2D eigenvalue weighted by Crippen LogP contribution is 2.45. The van der Waals surface area contributed by atoms with Gasteiger partial charge in [0.25, 0.3) is 0 Å².